The summed E-state index contributed by atoms with van der Waals surface area (Å²) in [6, 6.07) is 7.34. The van der Waals surface area contributed by atoms with E-state index in [-0.39, 0.29) is 24.0 Å². The van der Waals surface area contributed by atoms with Crippen LogP contribution in [0.25, 0.3) is 0 Å². The van der Waals surface area contributed by atoms with Crippen LogP contribution < -0.4 is 10.6 Å². The smallest absolute Gasteiger partial charge is 0.319 e. The summed E-state index contributed by atoms with van der Waals surface area (Å²) in [5, 5.41) is 15.4. The lowest BCUT2D eigenvalue weighted by atomic mass is 10.1. The molecule has 0 unspecified atom stereocenters. The zero-order chi connectivity index (χ0) is 19.4. The van der Waals surface area contributed by atoms with E-state index >= 15 is 0 Å². The minimum Gasteiger partial charge on any atom is -0.506 e. The maximum atomic E-state index is 12.8. The number of nitrogens with zero attached hydrogens (tertiary/aromatic N) is 3. The normalized spacial score (nSPS) is 11.8. The van der Waals surface area contributed by atoms with Crippen molar-refractivity contribution in [3.63, 3.8) is 0 Å². The summed E-state index contributed by atoms with van der Waals surface area (Å²) in [4.78, 5) is 20.1. The summed E-state index contributed by atoms with van der Waals surface area (Å²) in [7, 11) is 0. The number of rotatable bonds is 5. The fourth-order valence-electron chi connectivity index (χ4n) is 2.72. The number of imidazole rings is 1. The van der Waals surface area contributed by atoms with Crippen LogP contribution in [-0.4, -0.2) is 25.7 Å². The molecule has 27 heavy (non-hydrogen) atoms. The Hall–Kier alpha value is -3.42. The summed E-state index contributed by atoms with van der Waals surface area (Å²) in [6.07, 6.45) is 4.69. The number of aryl methyl sites for hydroxylation is 1. The van der Waals surface area contributed by atoms with Gasteiger partial charge < -0.3 is 20.3 Å². The quantitative estimate of drug-likeness (QED) is 0.601. The molecule has 0 bridgehead atoms. The first-order valence-corrected chi connectivity index (χ1v) is 8.41. The van der Waals surface area contributed by atoms with Gasteiger partial charge in [-0.05, 0) is 43.7 Å². The third-order valence-corrected chi connectivity index (χ3v) is 4.25. The van der Waals surface area contributed by atoms with Crippen molar-refractivity contribution in [2.75, 3.05) is 5.32 Å². The highest BCUT2D eigenvalue weighted by molar-refractivity contribution is 5.90. The molecule has 0 saturated heterocycles. The highest BCUT2D eigenvalue weighted by Gasteiger charge is 2.13. The summed E-state index contributed by atoms with van der Waals surface area (Å²) >= 11 is 0. The Morgan fingerprint density at radius 3 is 2.74 bits per heavy atom. The maximum absolute atomic E-state index is 12.8. The van der Waals surface area contributed by atoms with E-state index in [2.05, 4.69) is 20.6 Å². The minimum atomic E-state index is -0.498. The predicted octanol–water partition coefficient (Wildman–Crippen LogP) is 3.36. The van der Waals surface area contributed by atoms with Gasteiger partial charge in [-0.15, -0.1) is 0 Å². The molecule has 0 radical (unpaired) electrons. The van der Waals surface area contributed by atoms with Gasteiger partial charge in [0.2, 0.25) is 0 Å². The van der Waals surface area contributed by atoms with Gasteiger partial charge in [0.25, 0.3) is 0 Å². The van der Waals surface area contributed by atoms with Crippen molar-refractivity contribution >= 4 is 11.7 Å². The molecule has 8 heteroatoms. The average molecular weight is 369 g/mol. The Labute approximate surface area is 155 Å². The number of pyridine rings is 1. The molecule has 0 saturated carbocycles. The van der Waals surface area contributed by atoms with E-state index in [1.54, 1.807) is 18.3 Å². The summed E-state index contributed by atoms with van der Waals surface area (Å²) in [5.41, 5.74) is 1.70. The SMILES string of the molecule is Cc1nccn1[C@H](C)c1ccc(NC(=O)NCc2ccc(F)cn2)c(O)c1. The lowest BCUT2D eigenvalue weighted by Gasteiger charge is -2.17. The number of phenols is 1. The molecule has 3 N–H and O–H groups in total. The Kier molecular flexibility index (Phi) is 5.35. The van der Waals surface area contributed by atoms with Crippen molar-refractivity contribution in [2.24, 2.45) is 0 Å². The molecule has 0 aliphatic carbocycles. The zero-order valence-corrected chi connectivity index (χ0v) is 15.0. The number of aromatic hydroxyl groups is 1. The van der Waals surface area contributed by atoms with Crippen LogP contribution in [-0.2, 0) is 6.54 Å². The molecule has 2 heterocycles. The summed E-state index contributed by atoms with van der Waals surface area (Å²) < 4.78 is 14.8. The molecular weight excluding hydrogens is 349 g/mol. The number of nitrogens with one attached hydrogen (secondary N) is 2. The van der Waals surface area contributed by atoms with E-state index in [9.17, 15) is 14.3 Å². The second-order valence-corrected chi connectivity index (χ2v) is 6.11. The van der Waals surface area contributed by atoms with Crippen molar-refractivity contribution in [3.8, 4) is 5.75 Å². The number of phenolic OH excluding ortho intramolecular Hbond substituents is 1. The standard InChI is InChI=1S/C19H20FN5O2/c1-12(25-8-7-21-13(25)2)14-3-6-17(18(26)9-14)24-19(27)23-11-16-5-4-15(20)10-22-16/h3-10,12,26H,11H2,1-2H3,(H2,23,24,27)/t12-/m1/s1. The van der Waals surface area contributed by atoms with E-state index < -0.39 is 11.8 Å². The van der Waals surface area contributed by atoms with E-state index in [4.69, 9.17) is 0 Å². The monoisotopic (exact) mass is 369 g/mol. The van der Waals surface area contributed by atoms with Gasteiger partial charge in [0, 0.05) is 12.4 Å². The number of carbonyl (C=O) groups excluding carboxylic acids is 1. The summed E-state index contributed by atoms with van der Waals surface area (Å²) in [5.74, 6) is 0.401. The van der Waals surface area contributed by atoms with Crippen LogP contribution in [0.15, 0.2) is 48.9 Å². The molecule has 140 valence electrons. The van der Waals surface area contributed by atoms with Gasteiger partial charge in [-0.2, -0.15) is 0 Å². The third-order valence-electron chi connectivity index (χ3n) is 4.25. The van der Waals surface area contributed by atoms with Crippen molar-refractivity contribution < 1.29 is 14.3 Å². The molecule has 0 aliphatic heterocycles. The molecular formula is C19H20FN5O2. The fourth-order valence-corrected chi connectivity index (χ4v) is 2.72. The van der Waals surface area contributed by atoms with Crippen LogP contribution in [0.3, 0.4) is 0 Å². The Morgan fingerprint density at radius 1 is 1.30 bits per heavy atom. The van der Waals surface area contributed by atoms with Crippen LogP contribution in [0.2, 0.25) is 0 Å². The zero-order valence-electron chi connectivity index (χ0n) is 15.0. The number of halogens is 1. The van der Waals surface area contributed by atoms with Crippen LogP contribution in [0.1, 0.15) is 30.0 Å². The number of anilines is 1. The number of hydrogen-bond donors (Lipinski definition) is 3. The number of carbonyl (C=O) groups is 1. The molecule has 0 spiro atoms. The largest absolute Gasteiger partial charge is 0.506 e. The highest BCUT2D eigenvalue weighted by atomic mass is 19.1. The second-order valence-electron chi connectivity index (χ2n) is 6.11. The van der Waals surface area contributed by atoms with Gasteiger partial charge in [0.05, 0.1) is 30.2 Å². The first-order valence-electron chi connectivity index (χ1n) is 8.41. The van der Waals surface area contributed by atoms with E-state index in [1.165, 1.54) is 12.1 Å². The molecule has 2 aromatic heterocycles. The average Bonchev–Trinajstić information content (AvgIpc) is 3.08. The maximum Gasteiger partial charge on any atom is 0.319 e. The molecule has 0 fully saturated rings. The molecule has 1 atom stereocenters. The first-order chi connectivity index (χ1) is 12.9. The van der Waals surface area contributed by atoms with Crippen LogP contribution in [0, 0.1) is 12.7 Å². The van der Waals surface area contributed by atoms with E-state index in [0.29, 0.717) is 5.69 Å². The number of amides is 2. The Balaban J connectivity index is 1.62. The lowest BCUT2D eigenvalue weighted by Crippen LogP contribution is -2.28. The summed E-state index contributed by atoms with van der Waals surface area (Å²) in [6.45, 7) is 4.05. The van der Waals surface area contributed by atoms with E-state index in [1.807, 2.05) is 30.7 Å². The minimum absolute atomic E-state index is 0.00849. The molecule has 0 aliphatic rings. The second kappa shape index (κ2) is 7.86. The van der Waals surface area contributed by atoms with Gasteiger partial charge in [-0.25, -0.2) is 14.2 Å². The lowest BCUT2D eigenvalue weighted by molar-refractivity contribution is 0.251. The number of benzene rings is 1. The number of aromatic nitrogens is 3. The number of hydrogen-bond acceptors (Lipinski definition) is 4. The van der Waals surface area contributed by atoms with Crippen LogP contribution in [0.5, 0.6) is 5.75 Å². The van der Waals surface area contributed by atoms with Gasteiger partial charge in [0.1, 0.15) is 17.4 Å². The highest BCUT2D eigenvalue weighted by Crippen LogP contribution is 2.29. The van der Waals surface area contributed by atoms with Crippen LogP contribution in [0.4, 0.5) is 14.9 Å². The Bertz CT molecular complexity index is 940. The van der Waals surface area contributed by atoms with Gasteiger partial charge in [-0.1, -0.05) is 6.07 Å². The molecule has 7 nitrogen and oxygen atoms in total. The van der Waals surface area contributed by atoms with Crippen molar-refractivity contribution in [1.29, 1.82) is 0 Å². The first kappa shape index (κ1) is 18.4. The Morgan fingerprint density at radius 2 is 2.11 bits per heavy atom. The van der Waals surface area contributed by atoms with Crippen molar-refractivity contribution in [1.82, 2.24) is 19.9 Å². The van der Waals surface area contributed by atoms with Crippen LogP contribution >= 0.6 is 0 Å². The van der Waals surface area contributed by atoms with Gasteiger partial charge >= 0.3 is 6.03 Å². The molecule has 2 amide bonds. The predicted molar refractivity (Wildman–Crippen MR) is 98.9 cm³/mol. The van der Waals surface area contributed by atoms with Crippen molar-refractivity contribution in [2.45, 2.75) is 26.4 Å². The topological polar surface area (TPSA) is 92.1 Å². The van der Waals surface area contributed by atoms with Gasteiger partial charge in [0.15, 0.2) is 0 Å². The fraction of sp³-hybridized carbons (Fsp3) is 0.211. The third kappa shape index (κ3) is 4.41. The molecule has 3 rings (SSSR count). The number of urea groups is 1. The van der Waals surface area contributed by atoms with Crippen molar-refractivity contribution in [3.05, 3.63) is 71.8 Å². The van der Waals surface area contributed by atoms with Gasteiger partial charge in [-0.3, -0.25) is 4.98 Å². The molecule has 1 aromatic carbocycles. The molecule has 3 aromatic rings. The van der Waals surface area contributed by atoms with E-state index in [0.717, 1.165) is 17.6 Å².